The Labute approximate surface area is 138 Å². The molecule has 0 atom stereocenters. The molecule has 1 aromatic carbocycles. The lowest BCUT2D eigenvalue weighted by molar-refractivity contribution is -0.138. The molecule has 0 saturated carbocycles. The first-order valence-electron chi connectivity index (χ1n) is 8.08. The molecule has 0 aliphatic carbocycles. The summed E-state index contributed by atoms with van der Waals surface area (Å²) in [6.07, 6.45) is 2.20. The number of nitrogens with zero attached hydrogens (tertiary/aromatic N) is 1. The summed E-state index contributed by atoms with van der Waals surface area (Å²) in [6.45, 7) is 5.88. The third-order valence-electron chi connectivity index (χ3n) is 4.46. The fourth-order valence-electron chi connectivity index (χ4n) is 3.11. The van der Waals surface area contributed by atoms with Crippen molar-refractivity contribution < 1.29 is 19.4 Å². The second kappa shape index (κ2) is 7.21. The van der Waals surface area contributed by atoms with Crippen molar-refractivity contribution in [3.05, 3.63) is 23.8 Å². The number of rotatable bonds is 6. The van der Waals surface area contributed by atoms with Crippen LogP contribution in [0.15, 0.2) is 18.2 Å². The van der Waals surface area contributed by atoms with E-state index in [1.807, 2.05) is 32.0 Å². The maximum absolute atomic E-state index is 11.1. The van der Waals surface area contributed by atoms with Gasteiger partial charge >= 0.3 is 5.97 Å². The lowest BCUT2D eigenvalue weighted by Gasteiger charge is -2.31. The van der Waals surface area contributed by atoms with E-state index in [-0.39, 0.29) is 12.5 Å². The minimum absolute atomic E-state index is 0.0427. The SMILES string of the molecule is COc1c(OC2CCN(C)CC2)cccc1C(C)(C)CC(=O)O. The summed E-state index contributed by atoms with van der Waals surface area (Å²) in [5.74, 6) is 0.536. The Morgan fingerprint density at radius 2 is 2.00 bits per heavy atom. The number of likely N-dealkylation sites (tertiary alicyclic amines) is 1. The second-order valence-corrected chi connectivity index (χ2v) is 6.91. The predicted molar refractivity (Wildman–Crippen MR) is 89.4 cm³/mol. The monoisotopic (exact) mass is 321 g/mol. The van der Waals surface area contributed by atoms with Gasteiger partial charge in [0.2, 0.25) is 0 Å². The van der Waals surface area contributed by atoms with Crippen LogP contribution in [0.25, 0.3) is 0 Å². The minimum atomic E-state index is -0.821. The number of methoxy groups -OCH3 is 1. The van der Waals surface area contributed by atoms with Crippen LogP contribution in [0.2, 0.25) is 0 Å². The van der Waals surface area contributed by atoms with Crippen molar-refractivity contribution in [2.45, 2.75) is 44.6 Å². The van der Waals surface area contributed by atoms with Crippen LogP contribution in [0.3, 0.4) is 0 Å². The van der Waals surface area contributed by atoms with E-state index in [2.05, 4.69) is 11.9 Å². The Kier molecular flexibility index (Phi) is 5.52. The van der Waals surface area contributed by atoms with Crippen LogP contribution in [0.5, 0.6) is 11.5 Å². The zero-order chi connectivity index (χ0) is 17.0. The average molecular weight is 321 g/mol. The third kappa shape index (κ3) is 4.38. The molecule has 1 fully saturated rings. The molecule has 0 aromatic heterocycles. The van der Waals surface area contributed by atoms with E-state index in [4.69, 9.17) is 14.6 Å². The molecule has 0 bridgehead atoms. The molecular formula is C18H27NO4. The van der Waals surface area contributed by atoms with Gasteiger partial charge in [0.05, 0.1) is 13.5 Å². The highest BCUT2D eigenvalue weighted by atomic mass is 16.5. The normalized spacial score (nSPS) is 17.0. The van der Waals surface area contributed by atoms with Crippen LogP contribution in [-0.2, 0) is 10.2 Å². The first kappa shape index (κ1) is 17.6. The summed E-state index contributed by atoms with van der Waals surface area (Å²) in [4.78, 5) is 13.4. The molecule has 1 aromatic rings. The number of benzene rings is 1. The summed E-state index contributed by atoms with van der Waals surface area (Å²) in [7, 11) is 3.73. The Morgan fingerprint density at radius 1 is 1.35 bits per heavy atom. The first-order chi connectivity index (χ1) is 10.8. The lowest BCUT2D eigenvalue weighted by Crippen LogP contribution is -2.35. The maximum atomic E-state index is 11.1. The molecule has 0 radical (unpaired) electrons. The lowest BCUT2D eigenvalue weighted by atomic mass is 9.81. The summed E-state index contributed by atoms with van der Waals surface area (Å²) in [5.41, 5.74) is 0.344. The van der Waals surface area contributed by atoms with Crippen molar-refractivity contribution in [1.82, 2.24) is 4.90 Å². The van der Waals surface area contributed by atoms with Gasteiger partial charge in [-0.15, -0.1) is 0 Å². The smallest absolute Gasteiger partial charge is 0.304 e. The van der Waals surface area contributed by atoms with E-state index in [0.717, 1.165) is 31.5 Å². The molecule has 1 aliphatic heterocycles. The highest BCUT2D eigenvalue weighted by Gasteiger charge is 2.30. The van der Waals surface area contributed by atoms with Gasteiger partial charge in [0, 0.05) is 24.1 Å². The quantitative estimate of drug-likeness (QED) is 0.873. The Bertz CT molecular complexity index is 548. The van der Waals surface area contributed by atoms with Crippen LogP contribution in [0.4, 0.5) is 0 Å². The van der Waals surface area contributed by atoms with Gasteiger partial charge in [-0.2, -0.15) is 0 Å². The molecule has 1 saturated heterocycles. The molecule has 5 heteroatoms. The van der Waals surface area contributed by atoms with E-state index in [1.165, 1.54) is 0 Å². The van der Waals surface area contributed by atoms with E-state index >= 15 is 0 Å². The molecular weight excluding hydrogens is 294 g/mol. The zero-order valence-corrected chi connectivity index (χ0v) is 14.5. The molecule has 0 amide bonds. The standard InChI is InChI=1S/C18H27NO4/c1-18(2,12-16(20)21)14-6-5-7-15(17(14)22-4)23-13-8-10-19(3)11-9-13/h5-7,13H,8-12H2,1-4H3,(H,20,21). The fraction of sp³-hybridized carbons (Fsp3) is 0.611. The average Bonchev–Trinajstić information content (AvgIpc) is 2.48. The van der Waals surface area contributed by atoms with Crippen molar-refractivity contribution in [2.24, 2.45) is 0 Å². The van der Waals surface area contributed by atoms with Crippen molar-refractivity contribution in [2.75, 3.05) is 27.2 Å². The molecule has 2 rings (SSSR count). The summed E-state index contributed by atoms with van der Waals surface area (Å²) >= 11 is 0. The van der Waals surface area contributed by atoms with Crippen molar-refractivity contribution in [3.8, 4) is 11.5 Å². The van der Waals surface area contributed by atoms with E-state index < -0.39 is 11.4 Å². The molecule has 5 nitrogen and oxygen atoms in total. The highest BCUT2D eigenvalue weighted by Crippen LogP contribution is 2.41. The Balaban J connectivity index is 2.24. The van der Waals surface area contributed by atoms with Gasteiger partial charge in [-0.1, -0.05) is 26.0 Å². The highest BCUT2D eigenvalue weighted by molar-refractivity contribution is 5.69. The summed E-state index contributed by atoms with van der Waals surface area (Å²) in [5, 5.41) is 9.15. The van der Waals surface area contributed by atoms with Crippen LogP contribution >= 0.6 is 0 Å². The van der Waals surface area contributed by atoms with Gasteiger partial charge in [0.25, 0.3) is 0 Å². The van der Waals surface area contributed by atoms with Gasteiger partial charge in [-0.3, -0.25) is 4.79 Å². The van der Waals surface area contributed by atoms with Crippen LogP contribution in [0.1, 0.15) is 38.7 Å². The molecule has 0 spiro atoms. The molecule has 1 heterocycles. The van der Waals surface area contributed by atoms with E-state index in [0.29, 0.717) is 11.5 Å². The van der Waals surface area contributed by atoms with Gasteiger partial charge in [0.15, 0.2) is 11.5 Å². The number of hydrogen-bond donors (Lipinski definition) is 1. The Morgan fingerprint density at radius 3 is 2.57 bits per heavy atom. The van der Waals surface area contributed by atoms with Gasteiger partial charge in [-0.05, 0) is 26.0 Å². The summed E-state index contributed by atoms with van der Waals surface area (Å²) in [6, 6.07) is 5.73. The number of aliphatic carboxylic acids is 1. The molecule has 23 heavy (non-hydrogen) atoms. The van der Waals surface area contributed by atoms with Gasteiger partial charge < -0.3 is 19.5 Å². The number of carbonyl (C=O) groups is 1. The number of hydrogen-bond acceptors (Lipinski definition) is 4. The maximum Gasteiger partial charge on any atom is 0.304 e. The number of carboxylic acid groups (broad SMARTS) is 1. The zero-order valence-electron chi connectivity index (χ0n) is 14.5. The number of carboxylic acids is 1. The van der Waals surface area contributed by atoms with Gasteiger partial charge in [0.1, 0.15) is 6.10 Å². The van der Waals surface area contributed by atoms with Crippen molar-refractivity contribution in [3.63, 3.8) is 0 Å². The third-order valence-corrected chi connectivity index (χ3v) is 4.46. The fourth-order valence-corrected chi connectivity index (χ4v) is 3.11. The van der Waals surface area contributed by atoms with E-state index in [9.17, 15) is 4.79 Å². The molecule has 0 unspecified atom stereocenters. The van der Waals surface area contributed by atoms with Crippen LogP contribution in [0, 0.1) is 0 Å². The number of ether oxygens (including phenoxy) is 2. The second-order valence-electron chi connectivity index (χ2n) is 6.91. The topological polar surface area (TPSA) is 59.0 Å². The van der Waals surface area contributed by atoms with Gasteiger partial charge in [-0.25, -0.2) is 0 Å². The minimum Gasteiger partial charge on any atom is -0.493 e. The van der Waals surface area contributed by atoms with Crippen molar-refractivity contribution >= 4 is 5.97 Å². The molecule has 1 aliphatic rings. The predicted octanol–water partition coefficient (Wildman–Crippen LogP) is 2.92. The summed E-state index contributed by atoms with van der Waals surface area (Å²) < 4.78 is 11.7. The molecule has 128 valence electrons. The van der Waals surface area contributed by atoms with Crippen molar-refractivity contribution in [1.29, 1.82) is 0 Å². The number of piperidine rings is 1. The number of para-hydroxylation sites is 1. The molecule has 1 N–H and O–H groups in total. The van der Waals surface area contributed by atoms with Crippen LogP contribution in [-0.4, -0.2) is 49.3 Å². The first-order valence-corrected chi connectivity index (χ1v) is 8.08. The van der Waals surface area contributed by atoms with E-state index in [1.54, 1.807) is 7.11 Å². The van der Waals surface area contributed by atoms with Crippen LogP contribution < -0.4 is 9.47 Å². The largest absolute Gasteiger partial charge is 0.493 e. The Hall–Kier alpha value is -1.75.